The molecule has 5 nitrogen and oxygen atoms in total. The summed E-state index contributed by atoms with van der Waals surface area (Å²) in [7, 11) is 1.65. The highest BCUT2D eigenvalue weighted by molar-refractivity contribution is 9.10. The van der Waals surface area contributed by atoms with Gasteiger partial charge in [0.25, 0.3) is 0 Å². The van der Waals surface area contributed by atoms with Crippen molar-refractivity contribution in [1.29, 1.82) is 0 Å². The zero-order chi connectivity index (χ0) is 19.0. The van der Waals surface area contributed by atoms with Crippen molar-refractivity contribution in [2.24, 2.45) is 0 Å². The molecule has 0 aromatic heterocycles. The molecule has 1 amide bonds. The number of carbonyl (C=O) groups is 1. The van der Waals surface area contributed by atoms with E-state index in [2.05, 4.69) is 28.9 Å². The van der Waals surface area contributed by atoms with Gasteiger partial charge >= 0.3 is 0 Å². The SMILES string of the molecule is COc1ccc(C)c2c1N(C(=O)Cc1cc3c(cc1Br)OCCO3)CCC2. The highest BCUT2D eigenvalue weighted by Gasteiger charge is 2.28. The number of anilines is 1. The van der Waals surface area contributed by atoms with Crippen molar-refractivity contribution < 1.29 is 19.0 Å². The summed E-state index contributed by atoms with van der Waals surface area (Å²) in [5, 5.41) is 0. The largest absolute Gasteiger partial charge is 0.495 e. The van der Waals surface area contributed by atoms with Crippen molar-refractivity contribution in [2.75, 3.05) is 31.8 Å². The van der Waals surface area contributed by atoms with E-state index in [9.17, 15) is 4.79 Å². The average Bonchev–Trinajstić information content (AvgIpc) is 2.68. The van der Waals surface area contributed by atoms with Gasteiger partial charge in [-0.3, -0.25) is 4.79 Å². The smallest absolute Gasteiger partial charge is 0.231 e. The number of halogens is 1. The number of hydrogen-bond acceptors (Lipinski definition) is 4. The minimum atomic E-state index is 0.0530. The molecule has 6 heteroatoms. The number of fused-ring (bicyclic) bond motifs is 2. The topological polar surface area (TPSA) is 48.0 Å². The first kappa shape index (κ1) is 18.2. The van der Waals surface area contributed by atoms with Crippen LogP contribution in [0.1, 0.15) is 23.1 Å². The Morgan fingerprint density at radius 1 is 1.22 bits per heavy atom. The summed E-state index contributed by atoms with van der Waals surface area (Å²) in [4.78, 5) is 15.1. The molecule has 0 bridgehead atoms. The maximum atomic E-state index is 13.2. The Balaban J connectivity index is 1.65. The summed E-state index contributed by atoms with van der Waals surface area (Å²) < 4.78 is 17.7. The van der Waals surface area contributed by atoms with E-state index in [4.69, 9.17) is 14.2 Å². The molecule has 4 rings (SSSR count). The lowest BCUT2D eigenvalue weighted by molar-refractivity contribution is -0.118. The zero-order valence-electron chi connectivity index (χ0n) is 15.5. The van der Waals surface area contributed by atoms with Gasteiger partial charge in [0.05, 0.1) is 19.2 Å². The Morgan fingerprint density at radius 3 is 2.70 bits per heavy atom. The van der Waals surface area contributed by atoms with Gasteiger partial charge in [0.2, 0.25) is 5.91 Å². The fourth-order valence-corrected chi connectivity index (χ4v) is 4.23. The van der Waals surface area contributed by atoms with Crippen LogP contribution in [0.2, 0.25) is 0 Å². The summed E-state index contributed by atoms with van der Waals surface area (Å²) in [5.41, 5.74) is 4.21. The van der Waals surface area contributed by atoms with Crippen LogP contribution in [0, 0.1) is 6.92 Å². The summed E-state index contributed by atoms with van der Waals surface area (Å²) in [6.07, 6.45) is 2.21. The standard InChI is InChI=1S/C21H22BrNO4/c1-13-5-6-17(25-2)21-15(13)4-3-7-23(21)20(24)11-14-10-18-19(12-16(14)22)27-9-8-26-18/h5-6,10,12H,3-4,7-9,11H2,1-2H3. The molecular formula is C21H22BrNO4. The van der Waals surface area contributed by atoms with Crippen LogP contribution in [0.15, 0.2) is 28.7 Å². The third-order valence-corrected chi connectivity index (χ3v) is 5.87. The lowest BCUT2D eigenvalue weighted by Gasteiger charge is -2.32. The van der Waals surface area contributed by atoms with E-state index in [1.807, 2.05) is 23.1 Å². The fraction of sp³-hybridized carbons (Fsp3) is 0.381. The first-order chi connectivity index (χ1) is 13.1. The maximum absolute atomic E-state index is 13.2. The van der Waals surface area contributed by atoms with E-state index >= 15 is 0 Å². The van der Waals surface area contributed by atoms with E-state index in [0.717, 1.165) is 34.3 Å². The quantitative estimate of drug-likeness (QED) is 0.734. The number of nitrogens with zero attached hydrogens (tertiary/aromatic N) is 1. The number of ether oxygens (including phenoxy) is 3. The highest BCUT2D eigenvalue weighted by Crippen LogP contribution is 2.40. The Hall–Kier alpha value is -2.21. The number of benzene rings is 2. The number of rotatable bonds is 3. The average molecular weight is 432 g/mol. The molecule has 0 saturated carbocycles. The fourth-order valence-electron chi connectivity index (χ4n) is 3.77. The molecule has 27 heavy (non-hydrogen) atoms. The van der Waals surface area contributed by atoms with Crippen LogP contribution >= 0.6 is 15.9 Å². The molecule has 142 valence electrons. The van der Waals surface area contributed by atoms with Crippen LogP contribution in [-0.4, -0.2) is 32.8 Å². The van der Waals surface area contributed by atoms with Gasteiger partial charge in [0, 0.05) is 11.0 Å². The molecule has 0 atom stereocenters. The Bertz CT molecular complexity index is 896. The van der Waals surface area contributed by atoms with Crippen molar-refractivity contribution in [3.8, 4) is 17.2 Å². The van der Waals surface area contributed by atoms with Gasteiger partial charge in [0.15, 0.2) is 11.5 Å². The molecule has 2 aliphatic rings. The van der Waals surface area contributed by atoms with Crippen LogP contribution in [0.25, 0.3) is 0 Å². The lowest BCUT2D eigenvalue weighted by Crippen LogP contribution is -2.37. The molecule has 0 N–H and O–H groups in total. The van der Waals surface area contributed by atoms with Gasteiger partial charge in [0.1, 0.15) is 19.0 Å². The van der Waals surface area contributed by atoms with Gasteiger partial charge in [-0.15, -0.1) is 0 Å². The summed E-state index contributed by atoms with van der Waals surface area (Å²) >= 11 is 3.57. The van der Waals surface area contributed by atoms with Crippen molar-refractivity contribution in [3.63, 3.8) is 0 Å². The van der Waals surface area contributed by atoms with Crippen LogP contribution in [0.5, 0.6) is 17.2 Å². The van der Waals surface area contributed by atoms with E-state index in [0.29, 0.717) is 31.3 Å². The molecule has 2 aromatic carbocycles. The summed E-state index contributed by atoms with van der Waals surface area (Å²) in [6, 6.07) is 7.78. The molecule has 0 radical (unpaired) electrons. The van der Waals surface area contributed by atoms with E-state index < -0.39 is 0 Å². The third kappa shape index (κ3) is 3.38. The first-order valence-corrected chi connectivity index (χ1v) is 9.92. The summed E-state index contributed by atoms with van der Waals surface area (Å²) in [6.45, 7) is 3.86. The molecular weight excluding hydrogens is 410 g/mol. The van der Waals surface area contributed by atoms with Crippen LogP contribution in [0.4, 0.5) is 5.69 Å². The third-order valence-electron chi connectivity index (χ3n) is 5.13. The number of hydrogen-bond donors (Lipinski definition) is 0. The minimum Gasteiger partial charge on any atom is -0.495 e. The van der Waals surface area contributed by atoms with Gasteiger partial charge in [-0.25, -0.2) is 0 Å². The molecule has 2 heterocycles. The van der Waals surface area contributed by atoms with Crippen molar-refractivity contribution in [3.05, 3.63) is 45.4 Å². The zero-order valence-corrected chi connectivity index (χ0v) is 17.1. The maximum Gasteiger partial charge on any atom is 0.231 e. The molecule has 0 unspecified atom stereocenters. The predicted molar refractivity (Wildman–Crippen MR) is 107 cm³/mol. The molecule has 0 saturated heterocycles. The Labute approximate surface area is 167 Å². The van der Waals surface area contributed by atoms with Gasteiger partial charge in [-0.2, -0.15) is 0 Å². The van der Waals surface area contributed by atoms with Crippen LogP contribution < -0.4 is 19.1 Å². The van der Waals surface area contributed by atoms with Crippen molar-refractivity contribution >= 4 is 27.5 Å². The Kier molecular flexibility index (Phi) is 5.00. The van der Waals surface area contributed by atoms with Crippen LogP contribution in [0.3, 0.4) is 0 Å². The predicted octanol–water partition coefficient (Wildman–Crippen LogP) is 4.06. The normalized spacial score (nSPS) is 15.3. The molecule has 0 aliphatic carbocycles. The molecule has 2 aromatic rings. The number of carbonyl (C=O) groups excluding carboxylic acids is 1. The monoisotopic (exact) mass is 431 g/mol. The molecule has 2 aliphatic heterocycles. The van der Waals surface area contributed by atoms with E-state index in [-0.39, 0.29) is 12.3 Å². The molecule has 0 spiro atoms. The van der Waals surface area contributed by atoms with Gasteiger partial charge in [-0.05, 0) is 54.7 Å². The van der Waals surface area contributed by atoms with Crippen LogP contribution in [-0.2, 0) is 17.6 Å². The number of methoxy groups -OCH3 is 1. The lowest BCUT2D eigenvalue weighted by atomic mass is 9.95. The Morgan fingerprint density at radius 2 is 1.96 bits per heavy atom. The number of amides is 1. The second-order valence-corrected chi connectivity index (χ2v) is 7.68. The summed E-state index contributed by atoms with van der Waals surface area (Å²) in [5.74, 6) is 2.21. The second kappa shape index (κ2) is 7.43. The van der Waals surface area contributed by atoms with Crippen molar-refractivity contribution in [1.82, 2.24) is 0 Å². The highest BCUT2D eigenvalue weighted by atomic mass is 79.9. The van der Waals surface area contributed by atoms with Gasteiger partial charge < -0.3 is 19.1 Å². The molecule has 0 fully saturated rings. The first-order valence-electron chi connectivity index (χ1n) is 9.13. The van der Waals surface area contributed by atoms with Gasteiger partial charge in [-0.1, -0.05) is 22.0 Å². The van der Waals surface area contributed by atoms with Crippen molar-refractivity contribution in [2.45, 2.75) is 26.2 Å². The van der Waals surface area contributed by atoms with E-state index in [1.54, 1.807) is 7.11 Å². The minimum absolute atomic E-state index is 0.0530. The number of aryl methyl sites for hydroxylation is 1. The second-order valence-electron chi connectivity index (χ2n) is 6.82. The van der Waals surface area contributed by atoms with E-state index in [1.165, 1.54) is 11.1 Å².